The van der Waals surface area contributed by atoms with Crippen LogP contribution in [0.5, 0.6) is 5.88 Å². The maximum atomic E-state index is 14.2. The third-order valence-corrected chi connectivity index (χ3v) is 8.65. The zero-order chi connectivity index (χ0) is 31.4. The fourth-order valence-electron chi connectivity index (χ4n) is 6.02. The molecule has 1 saturated heterocycles. The van der Waals surface area contributed by atoms with Gasteiger partial charge in [-0.2, -0.15) is 0 Å². The Morgan fingerprint density at radius 3 is 2.50 bits per heavy atom. The highest BCUT2D eigenvalue weighted by molar-refractivity contribution is 6.31. The predicted octanol–water partition coefficient (Wildman–Crippen LogP) is 7.40. The first-order chi connectivity index (χ1) is 21.0. The number of carboxylic acid groups (broad SMARTS) is 1. The number of carbonyl (C=O) groups is 2. The molecular weight excluding hydrogens is 576 g/mol. The van der Waals surface area contributed by atoms with Gasteiger partial charge in [0.05, 0.1) is 24.3 Å². The Hall–Kier alpha value is -3.65. The minimum atomic E-state index is -0.772. The van der Waals surface area contributed by atoms with Crippen LogP contribution in [0.3, 0.4) is 0 Å². The zero-order valence-corrected chi connectivity index (χ0v) is 26.9. The molecule has 1 N–H and O–H groups in total. The number of piperidine rings is 1. The van der Waals surface area contributed by atoms with Crippen molar-refractivity contribution in [1.82, 2.24) is 9.97 Å². The predicted molar refractivity (Wildman–Crippen MR) is 174 cm³/mol. The lowest BCUT2D eigenvalue weighted by Gasteiger charge is -2.36. The maximum Gasteiger partial charge on any atom is 0.303 e. The quantitative estimate of drug-likeness (QED) is 0.239. The van der Waals surface area contributed by atoms with Crippen LogP contribution in [-0.2, 0) is 4.79 Å². The molecule has 3 heterocycles. The second-order valence-corrected chi connectivity index (χ2v) is 13.9. The van der Waals surface area contributed by atoms with Crippen LogP contribution < -0.4 is 14.5 Å². The summed E-state index contributed by atoms with van der Waals surface area (Å²) >= 11 is 6.47. The number of carbonyl (C=O) groups excluding carboxylic acids is 1. The molecule has 1 unspecified atom stereocenters. The molecule has 3 aromatic rings. The number of benzene rings is 1. The summed E-state index contributed by atoms with van der Waals surface area (Å²) in [6.45, 7) is 10.9. The molecule has 8 nitrogen and oxygen atoms in total. The Kier molecular flexibility index (Phi) is 9.78. The number of amides is 1. The van der Waals surface area contributed by atoms with Crippen LogP contribution in [-0.4, -0.2) is 53.2 Å². The van der Waals surface area contributed by atoms with E-state index in [1.54, 1.807) is 17.2 Å². The number of hydrogen-bond donors (Lipinski definition) is 1. The van der Waals surface area contributed by atoms with Crippen molar-refractivity contribution < 1.29 is 19.4 Å². The van der Waals surface area contributed by atoms with Crippen LogP contribution >= 0.6 is 11.6 Å². The van der Waals surface area contributed by atoms with Crippen molar-refractivity contribution in [3.05, 3.63) is 76.6 Å². The van der Waals surface area contributed by atoms with Crippen LogP contribution in [0.15, 0.2) is 54.7 Å². The SMILES string of the molecule is Cc1cccc(N(CC(C)(C)C)C(=O)c2ccc(Cl)cc2N2CCC(COc3cc(C(CC(=O)O)C4CC4)ccn3)CC2)n1. The first kappa shape index (κ1) is 31.8. The van der Waals surface area contributed by atoms with E-state index in [-0.39, 0.29) is 23.7 Å². The van der Waals surface area contributed by atoms with Crippen LogP contribution in [0.25, 0.3) is 0 Å². The van der Waals surface area contributed by atoms with Gasteiger partial charge in [-0.25, -0.2) is 9.97 Å². The van der Waals surface area contributed by atoms with Gasteiger partial charge in [0.15, 0.2) is 0 Å². The highest BCUT2D eigenvalue weighted by Gasteiger charge is 2.34. The molecule has 1 amide bonds. The largest absolute Gasteiger partial charge is 0.481 e. The number of ether oxygens (including phenoxy) is 1. The van der Waals surface area contributed by atoms with E-state index in [1.807, 2.05) is 49.4 Å². The lowest BCUT2D eigenvalue weighted by Crippen LogP contribution is -2.41. The molecule has 2 aromatic heterocycles. The van der Waals surface area contributed by atoms with Crippen molar-refractivity contribution in [2.24, 2.45) is 17.3 Å². The number of anilines is 2. The summed E-state index contributed by atoms with van der Waals surface area (Å²) < 4.78 is 6.13. The van der Waals surface area contributed by atoms with E-state index in [0.29, 0.717) is 47.3 Å². The van der Waals surface area contributed by atoms with E-state index in [1.165, 1.54) is 0 Å². The van der Waals surface area contributed by atoms with Crippen molar-refractivity contribution in [1.29, 1.82) is 0 Å². The van der Waals surface area contributed by atoms with Crippen molar-refractivity contribution in [3.63, 3.8) is 0 Å². The number of carboxylic acids is 1. The van der Waals surface area contributed by atoms with Crippen LogP contribution in [0.1, 0.15) is 80.4 Å². The van der Waals surface area contributed by atoms with E-state index in [9.17, 15) is 14.7 Å². The Morgan fingerprint density at radius 1 is 1.09 bits per heavy atom. The van der Waals surface area contributed by atoms with Gasteiger partial charge in [-0.3, -0.25) is 14.5 Å². The summed E-state index contributed by atoms with van der Waals surface area (Å²) in [4.78, 5) is 38.7. The standard InChI is InChI=1S/C35H43ClN4O4/c1-23-6-5-7-31(38-23)40(22-35(2,3)4)34(43)28-11-10-27(36)19-30(28)39-16-13-24(14-17-39)21-44-32-18-26(12-15-37-32)29(20-33(41)42)25-8-9-25/h5-7,10-12,15,18-19,24-25,29H,8-9,13-14,16-17,20-22H2,1-4H3,(H,41,42). The Bertz CT molecular complexity index is 1480. The lowest BCUT2D eigenvalue weighted by molar-refractivity contribution is -0.137. The Labute approximate surface area is 265 Å². The first-order valence-corrected chi connectivity index (χ1v) is 16.0. The highest BCUT2D eigenvalue weighted by Crippen LogP contribution is 2.45. The summed E-state index contributed by atoms with van der Waals surface area (Å²) in [5.41, 5.74) is 3.18. The molecule has 9 heteroatoms. The summed E-state index contributed by atoms with van der Waals surface area (Å²) in [5.74, 6) is 1.11. The number of pyridine rings is 2. The zero-order valence-electron chi connectivity index (χ0n) is 26.1. The van der Waals surface area contributed by atoms with Gasteiger partial charge in [-0.15, -0.1) is 0 Å². The number of rotatable bonds is 11. The minimum Gasteiger partial charge on any atom is -0.481 e. The number of hydrogen-bond acceptors (Lipinski definition) is 6. The van der Waals surface area contributed by atoms with E-state index in [2.05, 4.69) is 35.6 Å². The highest BCUT2D eigenvalue weighted by atomic mass is 35.5. The average Bonchev–Trinajstić information content (AvgIpc) is 3.83. The topological polar surface area (TPSA) is 95.9 Å². The molecule has 0 bridgehead atoms. The van der Waals surface area contributed by atoms with Crippen LogP contribution in [0.4, 0.5) is 11.5 Å². The fourth-order valence-corrected chi connectivity index (χ4v) is 6.19. The molecule has 1 aliphatic carbocycles. The Morgan fingerprint density at radius 2 is 1.84 bits per heavy atom. The van der Waals surface area contributed by atoms with Gasteiger partial charge in [0.2, 0.25) is 5.88 Å². The third-order valence-electron chi connectivity index (χ3n) is 8.41. The van der Waals surface area contributed by atoms with Gasteiger partial charge >= 0.3 is 5.97 Å². The van der Waals surface area contributed by atoms with E-state index >= 15 is 0 Å². The minimum absolute atomic E-state index is 0.0108. The smallest absolute Gasteiger partial charge is 0.303 e. The van der Waals surface area contributed by atoms with Crippen molar-refractivity contribution in [3.8, 4) is 5.88 Å². The maximum absolute atomic E-state index is 14.2. The molecule has 1 aromatic carbocycles. The normalized spacial score (nSPS) is 16.4. The molecule has 0 radical (unpaired) electrons. The second kappa shape index (κ2) is 13.6. The second-order valence-electron chi connectivity index (χ2n) is 13.5. The summed E-state index contributed by atoms with van der Waals surface area (Å²) in [7, 11) is 0. The van der Waals surface area contributed by atoms with Gasteiger partial charge in [-0.1, -0.05) is 38.4 Å². The molecule has 1 atom stereocenters. The van der Waals surface area contributed by atoms with E-state index in [4.69, 9.17) is 16.3 Å². The van der Waals surface area contributed by atoms with Crippen molar-refractivity contribution in [2.75, 3.05) is 36.0 Å². The molecule has 2 fully saturated rings. The molecule has 44 heavy (non-hydrogen) atoms. The molecule has 234 valence electrons. The van der Waals surface area contributed by atoms with Gasteiger partial charge in [0.1, 0.15) is 5.82 Å². The monoisotopic (exact) mass is 618 g/mol. The molecule has 0 spiro atoms. The number of halogens is 1. The summed E-state index contributed by atoms with van der Waals surface area (Å²) in [5, 5.41) is 9.98. The van der Waals surface area contributed by atoms with E-state index in [0.717, 1.165) is 55.7 Å². The summed E-state index contributed by atoms with van der Waals surface area (Å²) in [6, 6.07) is 15.1. The number of nitrogens with zero attached hydrogens (tertiary/aromatic N) is 4. The van der Waals surface area contributed by atoms with Crippen LogP contribution in [0, 0.1) is 24.2 Å². The number of aryl methyl sites for hydroxylation is 1. The molecular formula is C35H43ClN4O4. The molecule has 5 rings (SSSR count). The molecule has 2 aliphatic rings. The third kappa shape index (κ3) is 8.29. The van der Waals surface area contributed by atoms with Gasteiger partial charge in [-0.05, 0) is 97.7 Å². The van der Waals surface area contributed by atoms with Crippen LogP contribution in [0.2, 0.25) is 5.02 Å². The molecule has 1 saturated carbocycles. The first-order valence-electron chi connectivity index (χ1n) is 15.6. The van der Waals surface area contributed by atoms with Gasteiger partial charge in [0, 0.05) is 42.6 Å². The fraction of sp³-hybridized carbons (Fsp3) is 0.486. The van der Waals surface area contributed by atoms with Crippen molar-refractivity contribution in [2.45, 2.75) is 65.7 Å². The van der Waals surface area contributed by atoms with Gasteiger partial charge < -0.3 is 14.7 Å². The lowest BCUT2D eigenvalue weighted by atomic mass is 9.92. The average molecular weight is 619 g/mol. The summed E-state index contributed by atoms with van der Waals surface area (Å²) in [6.07, 6.45) is 5.80. The number of aliphatic carboxylic acids is 1. The number of aromatic nitrogens is 2. The Balaban J connectivity index is 1.26. The molecule has 1 aliphatic heterocycles. The van der Waals surface area contributed by atoms with Gasteiger partial charge in [0.25, 0.3) is 5.91 Å². The van der Waals surface area contributed by atoms with E-state index < -0.39 is 5.97 Å². The van der Waals surface area contributed by atoms with Crippen molar-refractivity contribution >= 4 is 35.0 Å².